The molecule has 1 unspecified atom stereocenters. The van der Waals surface area contributed by atoms with Crippen molar-refractivity contribution in [1.82, 2.24) is 4.98 Å². The van der Waals surface area contributed by atoms with Crippen molar-refractivity contribution in [3.63, 3.8) is 0 Å². The molecule has 3 nitrogen and oxygen atoms in total. The van der Waals surface area contributed by atoms with Gasteiger partial charge in [-0.1, -0.05) is 24.3 Å². The molecule has 1 atom stereocenters. The smallest absolute Gasteiger partial charge is 0.126 e. The van der Waals surface area contributed by atoms with E-state index in [1.54, 1.807) is 6.20 Å². The number of hydrogen-bond donors (Lipinski definition) is 2. The van der Waals surface area contributed by atoms with Crippen molar-refractivity contribution in [1.29, 1.82) is 0 Å². The van der Waals surface area contributed by atoms with Gasteiger partial charge in [0.2, 0.25) is 0 Å². The summed E-state index contributed by atoms with van der Waals surface area (Å²) in [5.74, 6) is 0.782. The zero-order valence-electron chi connectivity index (χ0n) is 11.1. The Balaban J connectivity index is 1.78. The van der Waals surface area contributed by atoms with Crippen molar-refractivity contribution >= 4 is 21.7 Å². The number of halogens is 1. The first-order valence-electron chi connectivity index (χ1n) is 6.84. The maximum atomic E-state index is 10.9. The van der Waals surface area contributed by atoms with Crippen molar-refractivity contribution in [2.45, 2.75) is 24.9 Å². The van der Waals surface area contributed by atoms with Crippen LogP contribution in [0.25, 0.3) is 0 Å². The molecule has 1 aliphatic carbocycles. The van der Waals surface area contributed by atoms with Gasteiger partial charge >= 0.3 is 0 Å². The van der Waals surface area contributed by atoms with E-state index in [-0.39, 0.29) is 0 Å². The fourth-order valence-corrected chi connectivity index (χ4v) is 3.03. The number of hydrogen-bond acceptors (Lipinski definition) is 3. The van der Waals surface area contributed by atoms with Gasteiger partial charge in [-0.05, 0) is 58.5 Å². The molecule has 1 aromatic heterocycles. The number of nitrogens with zero attached hydrogens (tertiary/aromatic N) is 1. The average molecular weight is 333 g/mol. The number of aliphatic hydroxyl groups is 1. The molecule has 0 saturated heterocycles. The zero-order valence-corrected chi connectivity index (χ0v) is 12.7. The normalized spacial score (nSPS) is 21.3. The predicted octanol–water partition coefficient (Wildman–Crippen LogP) is 3.48. The second kappa shape index (κ2) is 5.54. The van der Waals surface area contributed by atoms with Gasteiger partial charge in [0.25, 0.3) is 0 Å². The molecule has 2 aromatic rings. The molecule has 1 aromatic carbocycles. The summed E-state index contributed by atoms with van der Waals surface area (Å²) in [7, 11) is 0. The summed E-state index contributed by atoms with van der Waals surface area (Å²) in [4.78, 5) is 4.28. The van der Waals surface area contributed by atoms with E-state index in [4.69, 9.17) is 0 Å². The minimum atomic E-state index is -0.802. The van der Waals surface area contributed by atoms with Crippen molar-refractivity contribution < 1.29 is 5.11 Å². The summed E-state index contributed by atoms with van der Waals surface area (Å²) >= 11 is 3.37. The summed E-state index contributed by atoms with van der Waals surface area (Å²) in [6.45, 7) is 0.485. The minimum Gasteiger partial charge on any atom is -0.383 e. The fourth-order valence-electron chi connectivity index (χ4n) is 2.80. The summed E-state index contributed by atoms with van der Waals surface area (Å²) in [6, 6.07) is 12.0. The molecule has 4 heteroatoms. The van der Waals surface area contributed by atoms with Gasteiger partial charge in [-0.15, -0.1) is 0 Å². The summed E-state index contributed by atoms with van der Waals surface area (Å²) in [6.07, 6.45) is 4.60. The molecule has 0 saturated carbocycles. The Bertz CT molecular complexity index is 600. The van der Waals surface area contributed by atoms with Crippen molar-refractivity contribution in [2.24, 2.45) is 0 Å². The lowest BCUT2D eigenvalue weighted by molar-refractivity contribution is 0.0322. The van der Waals surface area contributed by atoms with Crippen LogP contribution in [0.3, 0.4) is 0 Å². The van der Waals surface area contributed by atoms with Crippen LogP contribution in [0.5, 0.6) is 0 Å². The molecule has 0 bridgehead atoms. The first-order valence-corrected chi connectivity index (χ1v) is 7.63. The van der Waals surface area contributed by atoms with Gasteiger partial charge in [0.05, 0.1) is 0 Å². The van der Waals surface area contributed by atoms with E-state index in [2.05, 4.69) is 32.3 Å². The van der Waals surface area contributed by atoms with Crippen LogP contribution in [0, 0.1) is 0 Å². The number of rotatable bonds is 3. The highest BCUT2D eigenvalue weighted by Gasteiger charge is 2.33. The highest BCUT2D eigenvalue weighted by molar-refractivity contribution is 9.10. The van der Waals surface area contributed by atoms with Crippen LogP contribution in [0.1, 0.15) is 24.0 Å². The first kappa shape index (κ1) is 13.6. The van der Waals surface area contributed by atoms with Crippen LogP contribution < -0.4 is 5.32 Å². The molecule has 0 radical (unpaired) electrons. The predicted molar refractivity (Wildman–Crippen MR) is 83.7 cm³/mol. The van der Waals surface area contributed by atoms with Crippen molar-refractivity contribution in [2.75, 3.05) is 11.9 Å². The third-order valence-corrected chi connectivity index (χ3v) is 4.31. The number of aryl methyl sites for hydroxylation is 1. The maximum absolute atomic E-state index is 10.9. The molecule has 3 rings (SSSR count). The maximum Gasteiger partial charge on any atom is 0.126 e. The molecular formula is C16H17BrN2O. The summed E-state index contributed by atoms with van der Waals surface area (Å²) in [5, 5.41) is 14.2. The van der Waals surface area contributed by atoms with Gasteiger partial charge in [0, 0.05) is 17.2 Å². The van der Waals surface area contributed by atoms with Crippen LogP contribution in [-0.4, -0.2) is 16.6 Å². The lowest BCUT2D eigenvalue weighted by Crippen LogP contribution is -2.37. The average Bonchev–Trinajstić information content (AvgIpc) is 2.47. The second-order valence-electron chi connectivity index (χ2n) is 5.26. The number of anilines is 1. The van der Waals surface area contributed by atoms with Crippen LogP contribution in [0.15, 0.2) is 47.1 Å². The molecule has 104 valence electrons. The van der Waals surface area contributed by atoms with Crippen LogP contribution in [-0.2, 0) is 12.0 Å². The van der Waals surface area contributed by atoms with E-state index in [0.717, 1.165) is 35.1 Å². The molecule has 0 spiro atoms. The van der Waals surface area contributed by atoms with Crippen molar-refractivity contribution in [3.05, 3.63) is 58.2 Å². The fraction of sp³-hybridized carbons (Fsp3) is 0.312. The van der Waals surface area contributed by atoms with E-state index in [1.165, 1.54) is 5.56 Å². The van der Waals surface area contributed by atoms with Gasteiger partial charge in [0.1, 0.15) is 11.4 Å². The molecule has 1 aliphatic rings. The van der Waals surface area contributed by atoms with E-state index in [9.17, 15) is 5.11 Å². The van der Waals surface area contributed by atoms with E-state index < -0.39 is 5.60 Å². The Kier molecular flexibility index (Phi) is 3.76. The van der Waals surface area contributed by atoms with Gasteiger partial charge in [-0.2, -0.15) is 0 Å². The third-order valence-electron chi connectivity index (χ3n) is 3.84. The molecule has 0 amide bonds. The third kappa shape index (κ3) is 2.72. The standard InChI is InChI=1S/C16H17BrN2O/c17-13-7-8-15(18-10-13)19-11-16(20)9-3-5-12-4-1-2-6-14(12)16/h1-2,4,6-8,10,20H,3,5,9,11H2,(H,18,19). The molecule has 1 heterocycles. The Morgan fingerprint density at radius 1 is 1.25 bits per heavy atom. The second-order valence-corrected chi connectivity index (χ2v) is 6.17. The highest BCUT2D eigenvalue weighted by atomic mass is 79.9. The first-order chi connectivity index (χ1) is 9.67. The zero-order chi connectivity index (χ0) is 14.0. The lowest BCUT2D eigenvalue weighted by atomic mass is 9.79. The van der Waals surface area contributed by atoms with E-state index >= 15 is 0 Å². The Morgan fingerprint density at radius 2 is 2.10 bits per heavy atom. The number of aromatic nitrogens is 1. The number of benzene rings is 1. The van der Waals surface area contributed by atoms with Gasteiger partial charge in [0.15, 0.2) is 0 Å². The molecule has 20 heavy (non-hydrogen) atoms. The van der Waals surface area contributed by atoms with Crippen LogP contribution in [0.4, 0.5) is 5.82 Å². The SMILES string of the molecule is OC1(CNc2ccc(Br)cn2)CCCc2ccccc21. The topological polar surface area (TPSA) is 45.1 Å². The van der Waals surface area contributed by atoms with Gasteiger partial charge in [-0.3, -0.25) is 0 Å². The molecule has 2 N–H and O–H groups in total. The highest BCUT2D eigenvalue weighted by Crippen LogP contribution is 2.35. The Hall–Kier alpha value is -1.39. The minimum absolute atomic E-state index is 0.485. The largest absolute Gasteiger partial charge is 0.383 e. The lowest BCUT2D eigenvalue weighted by Gasteiger charge is -2.34. The van der Waals surface area contributed by atoms with E-state index in [1.807, 2.05) is 30.3 Å². The van der Waals surface area contributed by atoms with Crippen LogP contribution in [0.2, 0.25) is 0 Å². The Morgan fingerprint density at radius 3 is 2.90 bits per heavy atom. The number of pyridine rings is 1. The monoisotopic (exact) mass is 332 g/mol. The number of nitrogens with one attached hydrogen (secondary N) is 1. The van der Waals surface area contributed by atoms with Gasteiger partial charge < -0.3 is 10.4 Å². The quantitative estimate of drug-likeness (QED) is 0.904. The van der Waals surface area contributed by atoms with Crippen LogP contribution >= 0.6 is 15.9 Å². The summed E-state index contributed by atoms with van der Waals surface area (Å²) in [5.41, 5.74) is 1.51. The van der Waals surface area contributed by atoms with E-state index in [0.29, 0.717) is 6.54 Å². The summed E-state index contributed by atoms with van der Waals surface area (Å²) < 4.78 is 0.949. The molecular weight excluding hydrogens is 316 g/mol. The molecule has 0 aliphatic heterocycles. The van der Waals surface area contributed by atoms with Gasteiger partial charge in [-0.25, -0.2) is 4.98 Å². The Labute approximate surface area is 127 Å². The van der Waals surface area contributed by atoms with Crippen molar-refractivity contribution in [3.8, 4) is 0 Å². The molecule has 0 fully saturated rings. The number of fused-ring (bicyclic) bond motifs is 1.